The number of carbonyl (C=O) groups excluding carboxylic acids is 2. The molecule has 1 heterocycles. The van der Waals surface area contributed by atoms with Crippen molar-refractivity contribution < 1.29 is 9.59 Å². The van der Waals surface area contributed by atoms with Gasteiger partial charge in [0.15, 0.2) is 0 Å². The molecule has 0 spiro atoms. The molecule has 0 radical (unpaired) electrons. The van der Waals surface area contributed by atoms with E-state index in [1.807, 2.05) is 28.9 Å². The highest BCUT2D eigenvalue weighted by atomic mass is 32.2. The van der Waals surface area contributed by atoms with E-state index in [1.165, 1.54) is 5.56 Å². The number of benzene rings is 1. The minimum Gasteiger partial charge on any atom is -0.369 e. The largest absolute Gasteiger partial charge is 0.369 e. The van der Waals surface area contributed by atoms with Gasteiger partial charge in [0, 0.05) is 31.1 Å². The lowest BCUT2D eigenvalue weighted by Crippen LogP contribution is -2.51. The second-order valence-electron chi connectivity index (χ2n) is 5.22. The van der Waals surface area contributed by atoms with Gasteiger partial charge in [0.1, 0.15) is 0 Å². The Morgan fingerprint density at radius 1 is 1.14 bits per heavy atom. The molecule has 1 aromatic rings. The molecule has 0 atom stereocenters. The molecule has 2 amide bonds. The fourth-order valence-electron chi connectivity index (χ4n) is 2.25. The number of carbonyl (C=O) groups is 2. The van der Waals surface area contributed by atoms with E-state index in [-0.39, 0.29) is 18.4 Å². The fraction of sp³-hybridized carbons (Fsp3) is 0.467. The van der Waals surface area contributed by atoms with Crippen LogP contribution in [-0.2, 0) is 9.59 Å². The molecule has 6 heteroatoms. The van der Waals surface area contributed by atoms with Crippen LogP contribution in [0.1, 0.15) is 5.56 Å². The molecule has 0 saturated carbocycles. The third-order valence-electron chi connectivity index (χ3n) is 3.49. The van der Waals surface area contributed by atoms with Gasteiger partial charge in [-0.1, -0.05) is 17.7 Å². The summed E-state index contributed by atoms with van der Waals surface area (Å²) in [7, 11) is 0. The van der Waals surface area contributed by atoms with Crippen molar-refractivity contribution >= 4 is 23.6 Å². The highest BCUT2D eigenvalue weighted by Crippen LogP contribution is 2.19. The van der Waals surface area contributed by atoms with Crippen molar-refractivity contribution in [3.05, 3.63) is 29.8 Å². The number of amides is 2. The quantitative estimate of drug-likeness (QED) is 0.814. The lowest BCUT2D eigenvalue weighted by Gasteiger charge is -2.34. The maximum atomic E-state index is 12.2. The van der Waals surface area contributed by atoms with Crippen molar-refractivity contribution in [2.75, 3.05) is 38.5 Å². The molecule has 1 aliphatic rings. The molecule has 0 aliphatic carbocycles. The summed E-state index contributed by atoms with van der Waals surface area (Å²) >= 11 is 1.56. The minimum atomic E-state index is -0.315. The van der Waals surface area contributed by atoms with Gasteiger partial charge in [-0.3, -0.25) is 14.5 Å². The number of hydrogen-bond acceptors (Lipinski definition) is 4. The van der Waals surface area contributed by atoms with E-state index in [0.717, 1.165) is 4.90 Å². The van der Waals surface area contributed by atoms with E-state index in [9.17, 15) is 9.59 Å². The molecule has 0 unspecified atom stereocenters. The van der Waals surface area contributed by atoms with Crippen LogP contribution in [0.4, 0.5) is 0 Å². The molecule has 0 aromatic heterocycles. The van der Waals surface area contributed by atoms with E-state index < -0.39 is 0 Å². The molecule has 2 rings (SSSR count). The van der Waals surface area contributed by atoms with Gasteiger partial charge in [-0.25, -0.2) is 0 Å². The molecule has 1 aliphatic heterocycles. The molecule has 1 fully saturated rings. The Kier molecular flexibility index (Phi) is 5.64. The van der Waals surface area contributed by atoms with Crippen LogP contribution >= 0.6 is 11.8 Å². The Balaban J connectivity index is 1.74. The van der Waals surface area contributed by atoms with Crippen LogP contribution in [0.15, 0.2) is 29.2 Å². The van der Waals surface area contributed by atoms with Gasteiger partial charge in [0.2, 0.25) is 11.8 Å². The first-order valence-electron chi connectivity index (χ1n) is 7.02. The van der Waals surface area contributed by atoms with Gasteiger partial charge in [0.05, 0.1) is 12.3 Å². The predicted octanol–water partition coefficient (Wildman–Crippen LogP) is 0.717. The van der Waals surface area contributed by atoms with Crippen molar-refractivity contribution in [3.8, 4) is 0 Å². The summed E-state index contributed by atoms with van der Waals surface area (Å²) in [5, 5.41) is 0. The van der Waals surface area contributed by atoms with Gasteiger partial charge in [0.25, 0.3) is 0 Å². The van der Waals surface area contributed by atoms with Crippen LogP contribution in [0.2, 0.25) is 0 Å². The van der Waals surface area contributed by atoms with E-state index in [1.54, 1.807) is 11.8 Å². The topological polar surface area (TPSA) is 66.6 Å². The summed E-state index contributed by atoms with van der Waals surface area (Å²) in [4.78, 5) is 28.0. The summed E-state index contributed by atoms with van der Waals surface area (Å²) in [6.07, 6.45) is 0. The zero-order valence-corrected chi connectivity index (χ0v) is 13.1. The number of hydrogen-bond donors (Lipinski definition) is 1. The van der Waals surface area contributed by atoms with Crippen LogP contribution in [-0.4, -0.2) is 60.1 Å². The number of nitrogens with two attached hydrogens (primary N) is 1. The first-order chi connectivity index (χ1) is 10.0. The van der Waals surface area contributed by atoms with Crippen molar-refractivity contribution in [1.29, 1.82) is 0 Å². The molecule has 1 aromatic carbocycles. The Morgan fingerprint density at radius 2 is 1.76 bits per heavy atom. The summed E-state index contributed by atoms with van der Waals surface area (Å²) < 4.78 is 0. The van der Waals surface area contributed by atoms with E-state index in [0.29, 0.717) is 31.9 Å². The number of primary amides is 1. The Morgan fingerprint density at radius 3 is 2.33 bits per heavy atom. The third kappa shape index (κ3) is 5.06. The van der Waals surface area contributed by atoms with Crippen molar-refractivity contribution in [1.82, 2.24) is 9.80 Å². The van der Waals surface area contributed by atoms with Crippen molar-refractivity contribution in [3.63, 3.8) is 0 Å². The molecule has 21 heavy (non-hydrogen) atoms. The first-order valence-corrected chi connectivity index (χ1v) is 8.01. The Bertz CT molecular complexity index is 496. The number of rotatable bonds is 5. The highest BCUT2D eigenvalue weighted by Gasteiger charge is 2.21. The van der Waals surface area contributed by atoms with Gasteiger partial charge in [-0.15, -0.1) is 11.8 Å². The maximum Gasteiger partial charge on any atom is 0.233 e. The molecular formula is C15H21N3O2S. The van der Waals surface area contributed by atoms with Crippen molar-refractivity contribution in [2.24, 2.45) is 5.73 Å². The number of thioether (sulfide) groups is 1. The van der Waals surface area contributed by atoms with Gasteiger partial charge in [-0.05, 0) is 19.1 Å². The normalized spacial score (nSPS) is 16.0. The number of piperazine rings is 1. The second kappa shape index (κ2) is 7.47. The zero-order valence-electron chi connectivity index (χ0n) is 12.2. The summed E-state index contributed by atoms with van der Waals surface area (Å²) in [5.41, 5.74) is 6.39. The van der Waals surface area contributed by atoms with Crippen LogP contribution < -0.4 is 5.73 Å². The molecular weight excluding hydrogens is 286 g/mol. The van der Waals surface area contributed by atoms with Gasteiger partial charge >= 0.3 is 0 Å². The summed E-state index contributed by atoms with van der Waals surface area (Å²) in [6, 6.07) is 8.18. The number of nitrogens with zero attached hydrogens (tertiary/aromatic N) is 2. The van der Waals surface area contributed by atoms with Crippen LogP contribution in [0.25, 0.3) is 0 Å². The van der Waals surface area contributed by atoms with Crippen molar-refractivity contribution in [2.45, 2.75) is 11.8 Å². The first kappa shape index (κ1) is 15.9. The molecule has 2 N–H and O–H groups in total. The molecule has 1 saturated heterocycles. The Labute approximate surface area is 129 Å². The van der Waals surface area contributed by atoms with E-state index in [2.05, 4.69) is 12.1 Å². The van der Waals surface area contributed by atoms with Gasteiger partial charge in [-0.2, -0.15) is 0 Å². The average molecular weight is 307 g/mol. The van der Waals surface area contributed by atoms with E-state index >= 15 is 0 Å². The maximum absolute atomic E-state index is 12.2. The van der Waals surface area contributed by atoms with Crippen LogP contribution in [0.3, 0.4) is 0 Å². The van der Waals surface area contributed by atoms with Crippen LogP contribution in [0.5, 0.6) is 0 Å². The smallest absolute Gasteiger partial charge is 0.233 e. The second-order valence-corrected chi connectivity index (χ2v) is 6.27. The lowest BCUT2D eigenvalue weighted by atomic mass is 10.2. The lowest BCUT2D eigenvalue weighted by molar-refractivity contribution is -0.130. The SMILES string of the molecule is Cc1ccc(SCC(=O)N2CCN(CC(N)=O)CC2)cc1. The summed E-state index contributed by atoms with van der Waals surface area (Å²) in [5.74, 6) is 0.294. The van der Waals surface area contributed by atoms with E-state index in [4.69, 9.17) is 5.73 Å². The highest BCUT2D eigenvalue weighted by molar-refractivity contribution is 8.00. The molecule has 114 valence electrons. The fourth-order valence-corrected chi connectivity index (χ4v) is 3.05. The monoisotopic (exact) mass is 307 g/mol. The zero-order chi connectivity index (χ0) is 15.2. The van der Waals surface area contributed by atoms with Gasteiger partial charge < -0.3 is 10.6 Å². The standard InChI is InChI=1S/C15H21N3O2S/c1-12-2-4-13(5-3-12)21-11-15(20)18-8-6-17(7-9-18)10-14(16)19/h2-5H,6-11H2,1H3,(H2,16,19). The minimum absolute atomic E-state index is 0.152. The average Bonchev–Trinajstić information content (AvgIpc) is 2.46. The number of aryl methyl sites for hydroxylation is 1. The predicted molar refractivity (Wildman–Crippen MR) is 84.1 cm³/mol. The molecule has 0 bridgehead atoms. The summed E-state index contributed by atoms with van der Waals surface area (Å²) in [6.45, 7) is 5.08. The molecule has 5 nitrogen and oxygen atoms in total. The third-order valence-corrected chi connectivity index (χ3v) is 4.48. The Hall–Kier alpha value is -1.53. The van der Waals surface area contributed by atoms with Crippen LogP contribution in [0, 0.1) is 6.92 Å².